The van der Waals surface area contributed by atoms with Gasteiger partial charge in [-0.3, -0.25) is 4.90 Å². The molecule has 0 aliphatic rings. The summed E-state index contributed by atoms with van der Waals surface area (Å²) in [7, 11) is 0. The maximum atomic E-state index is 5.41. The van der Waals surface area contributed by atoms with Crippen molar-refractivity contribution in [3.8, 4) is 0 Å². The van der Waals surface area contributed by atoms with Crippen molar-refractivity contribution in [1.29, 1.82) is 0 Å². The van der Waals surface area contributed by atoms with Crippen molar-refractivity contribution in [3.63, 3.8) is 0 Å². The highest BCUT2D eigenvalue weighted by molar-refractivity contribution is 4.60. The van der Waals surface area contributed by atoms with Crippen LogP contribution >= 0.6 is 0 Å². The highest BCUT2D eigenvalue weighted by atomic mass is 15.1. The van der Waals surface area contributed by atoms with Crippen molar-refractivity contribution in [2.24, 2.45) is 40.3 Å². The van der Waals surface area contributed by atoms with Crippen LogP contribution in [0.25, 0.3) is 0 Å². The van der Waals surface area contributed by atoms with Crippen LogP contribution in [0.3, 0.4) is 0 Å². The van der Waals surface area contributed by atoms with Crippen LogP contribution in [0.5, 0.6) is 0 Å². The zero-order valence-corrected chi connectivity index (χ0v) is 13.0. The van der Waals surface area contributed by atoms with Gasteiger partial charge in [-0.2, -0.15) is 0 Å². The fourth-order valence-electron chi connectivity index (χ4n) is 2.02. The first-order valence-corrected chi connectivity index (χ1v) is 7.62. The molecule has 124 valence electrons. The molecule has 12 N–H and O–H groups in total. The molecule has 20 heavy (non-hydrogen) atoms. The molecule has 0 heterocycles. The fraction of sp³-hybridized carbons (Fsp3) is 1.00. The Morgan fingerprint density at radius 3 is 1.00 bits per heavy atom. The predicted octanol–water partition coefficient (Wildman–Crippen LogP) is -2.19. The minimum atomic E-state index is 0.653. The van der Waals surface area contributed by atoms with Crippen LogP contribution < -0.4 is 34.4 Å². The molecule has 0 spiro atoms. The summed E-state index contributed by atoms with van der Waals surface area (Å²) in [6.45, 7) is 7.00. The van der Waals surface area contributed by atoms with Crippen LogP contribution in [0, 0.1) is 5.92 Å². The first kappa shape index (κ1) is 22.0. The van der Waals surface area contributed by atoms with Crippen molar-refractivity contribution in [2.45, 2.75) is 19.3 Å². The Kier molecular flexibility index (Phi) is 20.6. The second kappa shape index (κ2) is 18.7. The molecule has 0 fully saturated rings. The molecule has 0 aromatic heterocycles. The molecule has 0 atom stereocenters. The summed E-state index contributed by atoms with van der Waals surface area (Å²) in [6, 6.07) is 0. The van der Waals surface area contributed by atoms with Gasteiger partial charge in [0, 0.05) is 39.3 Å². The van der Waals surface area contributed by atoms with E-state index >= 15 is 0 Å². The van der Waals surface area contributed by atoms with E-state index in [1.807, 2.05) is 0 Å². The molecule has 0 aliphatic heterocycles. The SMILES string of the molecule is NCCC(CCN)CCN.NCCN(CCN)CCN. The van der Waals surface area contributed by atoms with E-state index < -0.39 is 0 Å². The molecule has 0 radical (unpaired) electrons. The van der Waals surface area contributed by atoms with Crippen LogP contribution in [0.1, 0.15) is 19.3 Å². The predicted molar refractivity (Wildman–Crippen MR) is 88.1 cm³/mol. The van der Waals surface area contributed by atoms with Crippen molar-refractivity contribution in [1.82, 2.24) is 4.90 Å². The molecule has 7 heteroatoms. The van der Waals surface area contributed by atoms with E-state index in [1.54, 1.807) is 0 Å². The third kappa shape index (κ3) is 15.8. The van der Waals surface area contributed by atoms with E-state index in [4.69, 9.17) is 34.4 Å². The molecule has 0 saturated heterocycles. The number of nitrogens with zero attached hydrogens (tertiary/aromatic N) is 1. The van der Waals surface area contributed by atoms with E-state index in [9.17, 15) is 0 Å². The topological polar surface area (TPSA) is 159 Å². The molecule has 0 aromatic rings. The van der Waals surface area contributed by atoms with Crippen LogP contribution in [0.15, 0.2) is 0 Å². The highest BCUT2D eigenvalue weighted by Crippen LogP contribution is 2.09. The molecule has 0 aliphatic carbocycles. The van der Waals surface area contributed by atoms with E-state index in [0.717, 1.165) is 58.5 Å². The number of hydrogen-bond donors (Lipinski definition) is 6. The standard InChI is InChI=1S/C7H19N3.C6H18N4/c8-4-1-7(2-5-9)3-6-10;7-1-4-10(5-2-8)6-3-9/h7H,1-6,8-10H2;1-9H2. The molecule has 0 saturated carbocycles. The Bertz CT molecular complexity index is 122. The number of hydrogen-bond acceptors (Lipinski definition) is 7. The smallest absolute Gasteiger partial charge is 0.0106 e. The first-order chi connectivity index (χ1) is 9.69. The normalized spacial score (nSPS) is 10.8. The number of nitrogens with two attached hydrogens (primary N) is 6. The minimum Gasteiger partial charge on any atom is -0.330 e. The Balaban J connectivity index is 0. The average molecular weight is 291 g/mol. The molecular formula is C13H37N7. The Hall–Kier alpha value is -0.280. The summed E-state index contributed by atoms with van der Waals surface area (Å²) >= 11 is 0. The Labute approximate surface area is 124 Å². The van der Waals surface area contributed by atoms with Crippen LogP contribution in [-0.2, 0) is 0 Å². The molecule has 0 aromatic carbocycles. The van der Waals surface area contributed by atoms with Crippen molar-refractivity contribution < 1.29 is 0 Å². The summed E-state index contributed by atoms with van der Waals surface area (Å²) in [5, 5.41) is 0. The van der Waals surface area contributed by atoms with E-state index in [0.29, 0.717) is 25.6 Å². The lowest BCUT2D eigenvalue weighted by atomic mass is 9.98. The van der Waals surface area contributed by atoms with Crippen LogP contribution in [0.4, 0.5) is 0 Å². The van der Waals surface area contributed by atoms with Gasteiger partial charge in [0.25, 0.3) is 0 Å². The molecule has 7 nitrogen and oxygen atoms in total. The van der Waals surface area contributed by atoms with Gasteiger partial charge in [-0.15, -0.1) is 0 Å². The van der Waals surface area contributed by atoms with Gasteiger partial charge in [-0.25, -0.2) is 0 Å². The second-order valence-corrected chi connectivity index (χ2v) is 4.81. The third-order valence-electron chi connectivity index (χ3n) is 3.06. The quantitative estimate of drug-likeness (QED) is 0.238. The Morgan fingerprint density at radius 1 is 0.500 bits per heavy atom. The van der Waals surface area contributed by atoms with E-state index in [2.05, 4.69) is 4.90 Å². The summed E-state index contributed by atoms with van der Waals surface area (Å²) in [5.74, 6) is 0.653. The van der Waals surface area contributed by atoms with Gasteiger partial charge >= 0.3 is 0 Å². The van der Waals surface area contributed by atoms with Gasteiger partial charge in [-0.1, -0.05) is 0 Å². The van der Waals surface area contributed by atoms with Gasteiger partial charge in [-0.05, 0) is 44.8 Å². The second-order valence-electron chi connectivity index (χ2n) is 4.81. The summed E-state index contributed by atoms with van der Waals surface area (Å²) in [5.41, 5.74) is 32.3. The lowest BCUT2D eigenvalue weighted by Gasteiger charge is -2.18. The highest BCUT2D eigenvalue weighted by Gasteiger charge is 2.04. The molecule has 0 unspecified atom stereocenters. The van der Waals surface area contributed by atoms with Gasteiger partial charge in [0.2, 0.25) is 0 Å². The summed E-state index contributed by atoms with van der Waals surface area (Å²) in [6.07, 6.45) is 3.19. The van der Waals surface area contributed by atoms with Gasteiger partial charge in [0.05, 0.1) is 0 Å². The lowest BCUT2D eigenvalue weighted by Crippen LogP contribution is -2.37. The maximum Gasteiger partial charge on any atom is 0.0106 e. The van der Waals surface area contributed by atoms with E-state index in [1.165, 1.54) is 0 Å². The molecule has 0 bridgehead atoms. The number of rotatable bonds is 12. The zero-order valence-electron chi connectivity index (χ0n) is 13.0. The third-order valence-corrected chi connectivity index (χ3v) is 3.06. The van der Waals surface area contributed by atoms with Crippen molar-refractivity contribution in [2.75, 3.05) is 58.9 Å². The summed E-state index contributed by atoms with van der Waals surface area (Å²) in [4.78, 5) is 2.17. The van der Waals surface area contributed by atoms with Gasteiger partial charge in [0.1, 0.15) is 0 Å². The fourth-order valence-corrected chi connectivity index (χ4v) is 2.02. The van der Waals surface area contributed by atoms with Gasteiger partial charge < -0.3 is 34.4 Å². The van der Waals surface area contributed by atoms with Crippen molar-refractivity contribution in [3.05, 3.63) is 0 Å². The molecular weight excluding hydrogens is 254 g/mol. The van der Waals surface area contributed by atoms with Crippen LogP contribution in [0.2, 0.25) is 0 Å². The average Bonchev–Trinajstić information content (AvgIpc) is 2.41. The minimum absolute atomic E-state index is 0.653. The van der Waals surface area contributed by atoms with Crippen LogP contribution in [-0.4, -0.2) is 63.8 Å². The lowest BCUT2D eigenvalue weighted by molar-refractivity contribution is 0.297. The maximum absolute atomic E-state index is 5.41. The van der Waals surface area contributed by atoms with Crippen molar-refractivity contribution >= 4 is 0 Å². The largest absolute Gasteiger partial charge is 0.330 e. The van der Waals surface area contributed by atoms with E-state index in [-0.39, 0.29) is 0 Å². The summed E-state index contributed by atoms with van der Waals surface area (Å²) < 4.78 is 0. The Morgan fingerprint density at radius 2 is 0.800 bits per heavy atom. The first-order valence-electron chi connectivity index (χ1n) is 7.62. The monoisotopic (exact) mass is 291 g/mol. The zero-order chi connectivity index (χ0) is 15.6. The molecule has 0 rings (SSSR count). The molecule has 0 amide bonds. The van der Waals surface area contributed by atoms with Gasteiger partial charge in [0.15, 0.2) is 0 Å².